The fourth-order valence-corrected chi connectivity index (χ4v) is 4.38. The van der Waals surface area contributed by atoms with Crippen LogP contribution in [0.4, 0.5) is 10.5 Å². The van der Waals surface area contributed by atoms with E-state index in [1.54, 1.807) is 11.9 Å². The molecule has 2 aliphatic rings. The lowest BCUT2D eigenvalue weighted by molar-refractivity contribution is -0.426. The Bertz CT molecular complexity index is 1150. The number of urea groups is 1. The number of hydrazone groups is 1. The van der Waals surface area contributed by atoms with Crippen molar-refractivity contribution in [1.29, 1.82) is 0 Å². The number of hydrogen-bond acceptors (Lipinski definition) is 5. The fraction of sp³-hybridized carbons (Fsp3) is 0.346. The maximum atomic E-state index is 13.5. The molecule has 4 amide bonds. The Kier molecular flexibility index (Phi) is 6.86. The molecule has 2 heterocycles. The summed E-state index contributed by atoms with van der Waals surface area (Å²) >= 11 is 0. The molecule has 2 aliphatic heterocycles. The van der Waals surface area contributed by atoms with Gasteiger partial charge in [-0.2, -0.15) is 19.4 Å². The summed E-state index contributed by atoms with van der Waals surface area (Å²) < 4.78 is 1.40. The molecule has 1 atom stereocenters. The van der Waals surface area contributed by atoms with Gasteiger partial charge in [0.15, 0.2) is 12.3 Å². The van der Waals surface area contributed by atoms with Gasteiger partial charge in [0.25, 0.3) is 5.91 Å². The fourth-order valence-electron chi connectivity index (χ4n) is 4.38. The highest BCUT2D eigenvalue weighted by atomic mass is 16.2. The number of anilines is 1. The van der Waals surface area contributed by atoms with Crippen LogP contribution in [0.3, 0.4) is 0 Å². The minimum atomic E-state index is -0.699. The van der Waals surface area contributed by atoms with Gasteiger partial charge >= 0.3 is 11.9 Å². The maximum Gasteiger partial charge on any atom is 0.501 e. The lowest BCUT2D eigenvalue weighted by atomic mass is 10.0. The molecule has 8 nitrogen and oxygen atoms in total. The van der Waals surface area contributed by atoms with Crippen molar-refractivity contribution < 1.29 is 19.0 Å². The van der Waals surface area contributed by atoms with Crippen LogP contribution in [-0.4, -0.2) is 69.4 Å². The standard InChI is InChI=1S/C26H29N5O3/c1-4-19-11-13-21(14-12-19)27-22(32)17-30-23-18(3)28-31(5-2)24(23)25(33)29(26(30)34)16-15-20-9-7-6-8-10-20/h6-14,24H,4-5,15-17H2,1-3H3/p+1. The smallest absolute Gasteiger partial charge is 0.323 e. The summed E-state index contributed by atoms with van der Waals surface area (Å²) in [6.07, 6.45) is 1.45. The molecule has 0 fully saturated rings. The second-order valence-corrected chi connectivity index (χ2v) is 8.42. The van der Waals surface area contributed by atoms with E-state index < -0.39 is 12.1 Å². The molecular weight excluding hydrogens is 430 g/mol. The first-order valence-corrected chi connectivity index (χ1v) is 11.7. The Morgan fingerprint density at radius 1 is 1.03 bits per heavy atom. The molecule has 0 radical (unpaired) electrons. The maximum absolute atomic E-state index is 13.5. The number of hydrogen-bond donors (Lipinski definition) is 1. The molecule has 1 N–H and O–H groups in total. The van der Waals surface area contributed by atoms with Crippen molar-refractivity contribution in [3.63, 3.8) is 0 Å². The highest BCUT2D eigenvalue weighted by Crippen LogP contribution is 2.22. The monoisotopic (exact) mass is 460 g/mol. The lowest BCUT2D eigenvalue weighted by Gasteiger charge is -2.28. The zero-order chi connectivity index (χ0) is 24.2. The average Bonchev–Trinajstić information content (AvgIpc) is 3.19. The number of rotatable bonds is 8. The second kappa shape index (κ2) is 9.99. The van der Waals surface area contributed by atoms with Crippen LogP contribution >= 0.6 is 0 Å². The van der Waals surface area contributed by atoms with Crippen LogP contribution in [0.5, 0.6) is 0 Å². The molecule has 8 heteroatoms. The van der Waals surface area contributed by atoms with E-state index in [9.17, 15) is 14.4 Å². The SMILES string of the molecule is CCc1ccc(NC(=O)C[N+]2=C3C(C)=NN(CC)C3C(=O)N(CCc3ccccc3)C2=O)cc1. The summed E-state index contributed by atoms with van der Waals surface area (Å²) in [5.41, 5.74) is 3.94. The second-order valence-electron chi connectivity index (χ2n) is 8.42. The van der Waals surface area contributed by atoms with E-state index >= 15 is 0 Å². The highest BCUT2D eigenvalue weighted by molar-refractivity contribution is 6.48. The van der Waals surface area contributed by atoms with Gasteiger partial charge < -0.3 is 5.32 Å². The molecule has 2 aromatic carbocycles. The van der Waals surface area contributed by atoms with E-state index in [0.717, 1.165) is 12.0 Å². The molecule has 34 heavy (non-hydrogen) atoms. The molecule has 176 valence electrons. The third-order valence-corrected chi connectivity index (χ3v) is 6.20. The first-order chi connectivity index (χ1) is 16.4. The molecule has 0 bridgehead atoms. The summed E-state index contributed by atoms with van der Waals surface area (Å²) in [7, 11) is 0. The molecule has 0 saturated heterocycles. The summed E-state index contributed by atoms with van der Waals surface area (Å²) in [4.78, 5) is 41.0. The molecule has 4 rings (SSSR count). The van der Waals surface area contributed by atoms with Crippen molar-refractivity contribution in [2.75, 3.05) is 25.0 Å². The van der Waals surface area contributed by atoms with Crippen LogP contribution < -0.4 is 5.32 Å². The van der Waals surface area contributed by atoms with Crippen LogP contribution in [0.2, 0.25) is 0 Å². The van der Waals surface area contributed by atoms with E-state index in [4.69, 9.17) is 0 Å². The Balaban J connectivity index is 1.59. The number of carbonyl (C=O) groups excluding carboxylic acids is 3. The number of nitrogens with zero attached hydrogens (tertiary/aromatic N) is 4. The zero-order valence-corrected chi connectivity index (χ0v) is 19.8. The topological polar surface area (TPSA) is 85.1 Å². The molecular formula is C26H30N5O3+. The highest BCUT2D eigenvalue weighted by Gasteiger charge is 2.54. The number of amides is 4. The molecule has 0 spiro atoms. The quantitative estimate of drug-likeness (QED) is 0.614. The van der Waals surface area contributed by atoms with E-state index in [-0.39, 0.29) is 24.9 Å². The predicted molar refractivity (Wildman–Crippen MR) is 131 cm³/mol. The average molecular weight is 461 g/mol. The van der Waals surface area contributed by atoms with Crippen LogP contribution in [0.1, 0.15) is 31.9 Å². The number of likely N-dealkylation sites (N-methyl/N-ethyl adjacent to an activating group) is 1. The van der Waals surface area contributed by atoms with E-state index in [2.05, 4.69) is 17.3 Å². The summed E-state index contributed by atoms with van der Waals surface area (Å²) in [5.74, 6) is -0.630. The van der Waals surface area contributed by atoms with Crippen molar-refractivity contribution in [2.45, 2.75) is 39.7 Å². The van der Waals surface area contributed by atoms with Crippen LogP contribution in [0.15, 0.2) is 59.7 Å². The van der Waals surface area contributed by atoms with Crippen molar-refractivity contribution >= 4 is 35.0 Å². The van der Waals surface area contributed by atoms with Gasteiger partial charge in [-0.1, -0.05) is 49.4 Å². The number of imide groups is 1. The van der Waals surface area contributed by atoms with E-state index in [0.29, 0.717) is 30.1 Å². The van der Waals surface area contributed by atoms with Gasteiger partial charge in [0, 0.05) is 18.7 Å². The third-order valence-electron chi connectivity index (χ3n) is 6.20. The van der Waals surface area contributed by atoms with Gasteiger partial charge in [-0.25, -0.2) is 4.79 Å². The zero-order valence-electron chi connectivity index (χ0n) is 19.8. The van der Waals surface area contributed by atoms with Crippen LogP contribution in [0, 0.1) is 0 Å². The Morgan fingerprint density at radius 2 is 1.74 bits per heavy atom. The molecule has 0 aliphatic carbocycles. The van der Waals surface area contributed by atoms with Gasteiger partial charge in [0.05, 0.1) is 0 Å². The molecule has 1 unspecified atom stereocenters. The Hall–Kier alpha value is -3.81. The number of fused-ring (bicyclic) bond motifs is 1. The van der Waals surface area contributed by atoms with E-state index in [1.165, 1.54) is 15.0 Å². The first kappa shape index (κ1) is 23.4. The van der Waals surface area contributed by atoms with Gasteiger partial charge in [-0.05, 0) is 43.5 Å². The summed E-state index contributed by atoms with van der Waals surface area (Å²) in [6.45, 7) is 6.31. The largest absolute Gasteiger partial charge is 0.501 e. The minimum absolute atomic E-state index is 0.195. The van der Waals surface area contributed by atoms with Crippen molar-refractivity contribution in [3.05, 3.63) is 65.7 Å². The predicted octanol–water partition coefficient (Wildman–Crippen LogP) is 2.93. The van der Waals surface area contributed by atoms with E-state index in [1.807, 2.05) is 61.5 Å². The number of benzene rings is 2. The number of aryl methyl sites for hydroxylation is 1. The summed E-state index contributed by atoms with van der Waals surface area (Å²) in [5, 5.41) is 9.04. The molecule has 0 saturated carbocycles. The first-order valence-electron chi connectivity index (χ1n) is 11.7. The Labute approximate surface area is 199 Å². The lowest BCUT2D eigenvalue weighted by Crippen LogP contribution is -2.61. The van der Waals surface area contributed by atoms with Gasteiger partial charge in [0.2, 0.25) is 6.04 Å². The summed E-state index contributed by atoms with van der Waals surface area (Å²) in [6, 6.07) is 16.1. The minimum Gasteiger partial charge on any atom is -0.323 e. The number of carbonyl (C=O) groups is 3. The van der Waals surface area contributed by atoms with Crippen molar-refractivity contribution in [1.82, 2.24) is 9.91 Å². The van der Waals surface area contributed by atoms with Crippen LogP contribution in [-0.2, 0) is 22.4 Å². The molecule has 0 aromatic heterocycles. The van der Waals surface area contributed by atoms with Crippen molar-refractivity contribution in [2.24, 2.45) is 5.10 Å². The Morgan fingerprint density at radius 3 is 2.38 bits per heavy atom. The normalized spacial score (nSPS) is 17.7. The molecule has 2 aromatic rings. The number of nitrogens with one attached hydrogen (secondary N) is 1. The van der Waals surface area contributed by atoms with Gasteiger partial charge in [0.1, 0.15) is 12.3 Å². The van der Waals surface area contributed by atoms with Crippen LogP contribution in [0.25, 0.3) is 0 Å². The van der Waals surface area contributed by atoms with Gasteiger partial charge in [-0.15, -0.1) is 0 Å². The van der Waals surface area contributed by atoms with Gasteiger partial charge in [-0.3, -0.25) is 9.80 Å². The van der Waals surface area contributed by atoms with Crippen molar-refractivity contribution in [3.8, 4) is 0 Å². The third kappa shape index (κ3) is 4.62.